The molecule has 4 heteroatoms. The number of halogens is 1. The lowest BCUT2D eigenvalue weighted by Crippen LogP contribution is -2.40. The van der Waals surface area contributed by atoms with Crippen molar-refractivity contribution in [3.8, 4) is 0 Å². The summed E-state index contributed by atoms with van der Waals surface area (Å²) in [5.74, 6) is 0.289. The van der Waals surface area contributed by atoms with Crippen LogP contribution in [0.1, 0.15) is 39.1 Å². The molecule has 2 aromatic carbocycles. The van der Waals surface area contributed by atoms with E-state index in [9.17, 15) is 9.59 Å². The van der Waals surface area contributed by atoms with E-state index < -0.39 is 0 Å². The number of carbonyl (C=O) groups is 2. The number of aryl methyl sites for hydroxylation is 1. The van der Waals surface area contributed by atoms with Crippen LogP contribution in [-0.4, -0.2) is 29.7 Å². The topological polar surface area (TPSA) is 37.4 Å². The number of ketones is 1. The Morgan fingerprint density at radius 3 is 2.04 bits per heavy atom. The molecule has 0 bridgehead atoms. The van der Waals surface area contributed by atoms with E-state index in [1.165, 1.54) is 0 Å². The van der Waals surface area contributed by atoms with Gasteiger partial charge in [0.15, 0.2) is 5.78 Å². The molecule has 0 atom stereocenters. The maximum Gasteiger partial charge on any atom is 0.253 e. The van der Waals surface area contributed by atoms with Crippen LogP contribution in [0.15, 0.2) is 48.5 Å². The predicted molar refractivity (Wildman–Crippen MR) is 103 cm³/mol. The van der Waals surface area contributed by atoms with Crippen LogP contribution in [-0.2, 0) is 0 Å². The van der Waals surface area contributed by atoms with Crippen molar-refractivity contribution in [3.63, 3.8) is 0 Å². The van der Waals surface area contributed by atoms with Crippen molar-refractivity contribution < 1.29 is 9.59 Å². The Morgan fingerprint density at radius 2 is 1.46 bits per heavy atom. The molecule has 3 rings (SSSR count). The molecule has 1 heterocycles. The lowest BCUT2D eigenvalue weighted by molar-refractivity contribution is 0.0650. The number of likely N-dealkylation sites (tertiary alicyclic amines) is 1. The van der Waals surface area contributed by atoms with Gasteiger partial charge in [-0.05, 0) is 66.6 Å². The quantitative estimate of drug-likeness (QED) is 0.534. The standard InChI is InChI=1S/C20H20INO2/c1-14-2-4-15(5-3-14)19(23)16-10-12-22(13-11-16)20(24)17-6-8-18(21)9-7-17/h2-9,16H,10-13H2,1H3. The van der Waals surface area contributed by atoms with Gasteiger partial charge >= 0.3 is 0 Å². The molecule has 0 unspecified atom stereocenters. The third kappa shape index (κ3) is 3.86. The minimum atomic E-state index is 0.0217. The molecule has 3 nitrogen and oxygen atoms in total. The van der Waals surface area contributed by atoms with E-state index >= 15 is 0 Å². The molecule has 2 aromatic rings. The van der Waals surface area contributed by atoms with E-state index in [1.807, 2.05) is 60.4 Å². The fourth-order valence-electron chi connectivity index (χ4n) is 3.07. The summed E-state index contributed by atoms with van der Waals surface area (Å²) in [6, 6.07) is 15.4. The summed E-state index contributed by atoms with van der Waals surface area (Å²) in [5, 5.41) is 0. The van der Waals surface area contributed by atoms with Crippen LogP contribution in [0.25, 0.3) is 0 Å². The Morgan fingerprint density at radius 1 is 0.917 bits per heavy atom. The molecular weight excluding hydrogens is 413 g/mol. The molecule has 1 saturated heterocycles. The highest BCUT2D eigenvalue weighted by molar-refractivity contribution is 14.1. The first-order valence-electron chi connectivity index (χ1n) is 8.20. The van der Waals surface area contributed by atoms with Crippen molar-refractivity contribution in [2.75, 3.05) is 13.1 Å². The zero-order valence-electron chi connectivity index (χ0n) is 13.7. The Balaban J connectivity index is 1.61. The molecule has 0 saturated carbocycles. The number of rotatable bonds is 3. The van der Waals surface area contributed by atoms with Gasteiger partial charge in [-0.3, -0.25) is 9.59 Å². The molecule has 0 aliphatic carbocycles. The second-order valence-electron chi connectivity index (χ2n) is 6.30. The summed E-state index contributed by atoms with van der Waals surface area (Å²) in [7, 11) is 0. The summed E-state index contributed by atoms with van der Waals surface area (Å²) in [6.45, 7) is 3.31. The largest absolute Gasteiger partial charge is 0.339 e. The number of Topliss-reactive ketones (excluding diaryl/α,β-unsaturated/α-hetero) is 1. The molecule has 0 spiro atoms. The van der Waals surface area contributed by atoms with Crippen LogP contribution in [0, 0.1) is 16.4 Å². The van der Waals surface area contributed by atoms with E-state index in [0.29, 0.717) is 13.1 Å². The number of amides is 1. The van der Waals surface area contributed by atoms with Gasteiger partial charge in [0.25, 0.3) is 5.91 Å². The molecule has 1 aliphatic rings. The van der Waals surface area contributed by atoms with Crippen molar-refractivity contribution in [3.05, 3.63) is 68.8 Å². The molecule has 1 fully saturated rings. The summed E-state index contributed by atoms with van der Waals surface area (Å²) in [5.41, 5.74) is 2.66. The third-order valence-electron chi connectivity index (χ3n) is 4.58. The minimum Gasteiger partial charge on any atom is -0.339 e. The van der Waals surface area contributed by atoms with Gasteiger partial charge in [0.05, 0.1) is 0 Å². The average Bonchev–Trinajstić information content (AvgIpc) is 2.62. The first kappa shape index (κ1) is 17.1. The fourth-order valence-corrected chi connectivity index (χ4v) is 3.43. The van der Waals surface area contributed by atoms with Gasteiger partial charge in [0.1, 0.15) is 0 Å². The Kier molecular flexibility index (Phi) is 5.33. The van der Waals surface area contributed by atoms with Gasteiger partial charge in [-0.2, -0.15) is 0 Å². The van der Waals surface area contributed by atoms with E-state index in [4.69, 9.17) is 0 Å². The lowest BCUT2D eigenvalue weighted by atomic mass is 9.88. The molecule has 0 aromatic heterocycles. The highest BCUT2D eigenvalue weighted by atomic mass is 127. The zero-order chi connectivity index (χ0) is 17.1. The van der Waals surface area contributed by atoms with Gasteiger partial charge in [-0.15, -0.1) is 0 Å². The highest BCUT2D eigenvalue weighted by Crippen LogP contribution is 2.23. The second kappa shape index (κ2) is 7.47. The molecule has 24 heavy (non-hydrogen) atoms. The predicted octanol–water partition coefficient (Wildman–Crippen LogP) is 4.33. The monoisotopic (exact) mass is 433 g/mol. The Bertz CT molecular complexity index is 664. The van der Waals surface area contributed by atoms with Gasteiger partial charge in [0, 0.05) is 33.7 Å². The number of hydrogen-bond donors (Lipinski definition) is 0. The number of hydrogen-bond acceptors (Lipinski definition) is 2. The summed E-state index contributed by atoms with van der Waals surface area (Å²) >= 11 is 2.23. The van der Waals surface area contributed by atoms with Crippen molar-refractivity contribution in [2.24, 2.45) is 5.92 Å². The van der Waals surface area contributed by atoms with Gasteiger partial charge in [-0.25, -0.2) is 0 Å². The summed E-state index contributed by atoms with van der Waals surface area (Å²) < 4.78 is 1.12. The molecule has 0 N–H and O–H groups in total. The Labute approximate surface area is 156 Å². The lowest BCUT2D eigenvalue weighted by Gasteiger charge is -2.31. The molecular formula is C20H20INO2. The number of benzene rings is 2. The molecule has 0 radical (unpaired) electrons. The average molecular weight is 433 g/mol. The van der Waals surface area contributed by atoms with E-state index in [2.05, 4.69) is 22.6 Å². The Hall–Kier alpha value is -1.69. The van der Waals surface area contributed by atoms with E-state index in [0.717, 1.165) is 33.1 Å². The fraction of sp³-hybridized carbons (Fsp3) is 0.300. The van der Waals surface area contributed by atoms with Crippen molar-refractivity contribution in [1.82, 2.24) is 4.90 Å². The maximum atomic E-state index is 12.6. The van der Waals surface area contributed by atoms with Crippen LogP contribution in [0.5, 0.6) is 0 Å². The summed E-state index contributed by atoms with van der Waals surface area (Å²) in [6.07, 6.45) is 1.48. The van der Waals surface area contributed by atoms with Crippen LogP contribution < -0.4 is 0 Å². The van der Waals surface area contributed by atoms with Crippen molar-refractivity contribution in [2.45, 2.75) is 19.8 Å². The first-order valence-corrected chi connectivity index (χ1v) is 9.28. The smallest absolute Gasteiger partial charge is 0.253 e. The normalized spacial score (nSPS) is 15.3. The minimum absolute atomic E-state index is 0.0217. The molecule has 124 valence electrons. The van der Waals surface area contributed by atoms with Crippen LogP contribution >= 0.6 is 22.6 Å². The SMILES string of the molecule is Cc1ccc(C(=O)C2CCN(C(=O)c3ccc(I)cc3)CC2)cc1. The summed E-state index contributed by atoms with van der Waals surface area (Å²) in [4.78, 5) is 27.0. The van der Waals surface area contributed by atoms with Gasteiger partial charge in [0.2, 0.25) is 0 Å². The van der Waals surface area contributed by atoms with Gasteiger partial charge in [-0.1, -0.05) is 29.8 Å². The van der Waals surface area contributed by atoms with E-state index in [-0.39, 0.29) is 17.6 Å². The number of nitrogens with zero attached hydrogens (tertiary/aromatic N) is 1. The molecule has 1 aliphatic heterocycles. The third-order valence-corrected chi connectivity index (χ3v) is 5.30. The number of piperidine rings is 1. The van der Waals surface area contributed by atoms with Crippen LogP contribution in [0.2, 0.25) is 0 Å². The zero-order valence-corrected chi connectivity index (χ0v) is 15.8. The first-order chi connectivity index (χ1) is 11.5. The molecule has 1 amide bonds. The second-order valence-corrected chi connectivity index (χ2v) is 7.55. The highest BCUT2D eigenvalue weighted by Gasteiger charge is 2.28. The van der Waals surface area contributed by atoms with Crippen LogP contribution in [0.3, 0.4) is 0 Å². The van der Waals surface area contributed by atoms with Crippen molar-refractivity contribution >= 4 is 34.3 Å². The maximum absolute atomic E-state index is 12.6. The van der Waals surface area contributed by atoms with Crippen LogP contribution in [0.4, 0.5) is 0 Å². The van der Waals surface area contributed by atoms with E-state index in [1.54, 1.807) is 0 Å². The number of carbonyl (C=O) groups excluding carboxylic acids is 2. The van der Waals surface area contributed by atoms with Crippen molar-refractivity contribution in [1.29, 1.82) is 0 Å². The van der Waals surface area contributed by atoms with Gasteiger partial charge < -0.3 is 4.90 Å².